The van der Waals surface area contributed by atoms with Gasteiger partial charge >= 0.3 is 0 Å². The standard InChI is InChI=1S/C9H8N2O/c12-9-7-4-2-1-3-5-8(7)10-6-11-9/h1-4,6H,5H2,(H,10,11,12). The first-order chi connectivity index (χ1) is 5.88. The van der Waals surface area contributed by atoms with Gasteiger partial charge in [0, 0.05) is 6.42 Å². The molecule has 1 aromatic rings. The molecule has 0 amide bonds. The number of hydrogen-bond acceptors (Lipinski definition) is 2. The van der Waals surface area contributed by atoms with E-state index in [1.807, 2.05) is 18.2 Å². The molecule has 0 saturated carbocycles. The predicted molar refractivity (Wildman–Crippen MR) is 46.7 cm³/mol. The molecule has 0 radical (unpaired) electrons. The molecule has 0 unspecified atom stereocenters. The van der Waals surface area contributed by atoms with E-state index in [1.54, 1.807) is 6.08 Å². The van der Waals surface area contributed by atoms with Gasteiger partial charge in [0.2, 0.25) is 0 Å². The summed E-state index contributed by atoms with van der Waals surface area (Å²) in [6.45, 7) is 0. The highest BCUT2D eigenvalue weighted by molar-refractivity contribution is 5.54. The number of rotatable bonds is 0. The van der Waals surface area contributed by atoms with Crippen molar-refractivity contribution in [2.75, 3.05) is 0 Å². The van der Waals surface area contributed by atoms with Crippen molar-refractivity contribution in [3.63, 3.8) is 0 Å². The van der Waals surface area contributed by atoms with Gasteiger partial charge in [0.1, 0.15) is 0 Å². The van der Waals surface area contributed by atoms with Crippen LogP contribution in [0.5, 0.6) is 0 Å². The lowest BCUT2D eigenvalue weighted by atomic mass is 10.2. The van der Waals surface area contributed by atoms with Crippen LogP contribution in [-0.2, 0) is 6.42 Å². The van der Waals surface area contributed by atoms with Crippen LogP contribution in [0.2, 0.25) is 0 Å². The number of nitrogens with one attached hydrogen (secondary N) is 1. The van der Waals surface area contributed by atoms with Gasteiger partial charge in [-0.25, -0.2) is 4.98 Å². The predicted octanol–water partition coefficient (Wildman–Crippen LogP) is 0.895. The topological polar surface area (TPSA) is 45.8 Å². The molecule has 1 aliphatic rings. The van der Waals surface area contributed by atoms with Crippen LogP contribution >= 0.6 is 0 Å². The summed E-state index contributed by atoms with van der Waals surface area (Å²) in [6.07, 6.45) is 9.70. The summed E-state index contributed by atoms with van der Waals surface area (Å²) in [5.41, 5.74) is 1.44. The minimum absolute atomic E-state index is 0.0695. The summed E-state index contributed by atoms with van der Waals surface area (Å²) >= 11 is 0. The number of hydrogen-bond donors (Lipinski definition) is 1. The fourth-order valence-corrected chi connectivity index (χ4v) is 1.19. The first-order valence-electron chi connectivity index (χ1n) is 3.78. The summed E-state index contributed by atoms with van der Waals surface area (Å²) in [5.74, 6) is 0. The zero-order chi connectivity index (χ0) is 8.39. The lowest BCUT2D eigenvalue weighted by Crippen LogP contribution is -2.12. The van der Waals surface area contributed by atoms with Gasteiger partial charge in [-0.3, -0.25) is 4.79 Å². The second kappa shape index (κ2) is 2.77. The maximum absolute atomic E-state index is 11.2. The third-order valence-corrected chi connectivity index (χ3v) is 1.79. The molecular weight excluding hydrogens is 152 g/mol. The lowest BCUT2D eigenvalue weighted by Gasteiger charge is -1.97. The molecule has 0 aliphatic heterocycles. The van der Waals surface area contributed by atoms with E-state index in [0.717, 1.165) is 12.1 Å². The monoisotopic (exact) mass is 160 g/mol. The molecule has 3 nitrogen and oxygen atoms in total. The summed E-state index contributed by atoms with van der Waals surface area (Å²) in [7, 11) is 0. The van der Waals surface area contributed by atoms with Crippen LogP contribution in [0.1, 0.15) is 11.3 Å². The molecule has 0 saturated heterocycles. The van der Waals surface area contributed by atoms with Crippen LogP contribution in [-0.4, -0.2) is 9.97 Å². The molecule has 1 N–H and O–H groups in total. The van der Waals surface area contributed by atoms with Crippen molar-refractivity contribution in [3.8, 4) is 0 Å². The molecule has 3 heteroatoms. The van der Waals surface area contributed by atoms with Crippen LogP contribution in [0.3, 0.4) is 0 Å². The highest BCUT2D eigenvalue weighted by Crippen LogP contribution is 2.06. The van der Waals surface area contributed by atoms with Gasteiger partial charge in [-0.15, -0.1) is 0 Å². The van der Waals surface area contributed by atoms with Gasteiger partial charge in [0.15, 0.2) is 0 Å². The van der Waals surface area contributed by atoms with Crippen molar-refractivity contribution in [1.29, 1.82) is 0 Å². The van der Waals surface area contributed by atoms with Crippen LogP contribution in [0.15, 0.2) is 29.3 Å². The number of nitrogens with zero attached hydrogens (tertiary/aromatic N) is 1. The maximum atomic E-state index is 11.2. The zero-order valence-corrected chi connectivity index (χ0v) is 6.45. The van der Waals surface area contributed by atoms with Gasteiger partial charge in [0.25, 0.3) is 5.56 Å². The highest BCUT2D eigenvalue weighted by Gasteiger charge is 2.04. The Morgan fingerprint density at radius 1 is 1.42 bits per heavy atom. The lowest BCUT2D eigenvalue weighted by molar-refractivity contribution is 1.01. The second-order valence-corrected chi connectivity index (χ2v) is 2.58. The van der Waals surface area contributed by atoms with Crippen molar-refractivity contribution >= 4 is 6.08 Å². The van der Waals surface area contributed by atoms with Crippen molar-refractivity contribution in [2.45, 2.75) is 6.42 Å². The van der Waals surface area contributed by atoms with Gasteiger partial charge in [0.05, 0.1) is 17.6 Å². The Morgan fingerprint density at radius 3 is 3.25 bits per heavy atom. The molecule has 0 aromatic carbocycles. The van der Waals surface area contributed by atoms with Crippen molar-refractivity contribution in [1.82, 2.24) is 9.97 Å². The quantitative estimate of drug-likeness (QED) is 0.612. The highest BCUT2D eigenvalue weighted by atomic mass is 16.1. The van der Waals surface area contributed by atoms with Crippen LogP contribution in [0, 0.1) is 0 Å². The fourth-order valence-electron chi connectivity index (χ4n) is 1.19. The Labute approximate surface area is 69.5 Å². The van der Waals surface area contributed by atoms with E-state index >= 15 is 0 Å². The van der Waals surface area contributed by atoms with E-state index in [9.17, 15) is 4.79 Å². The Hall–Kier alpha value is -1.64. The smallest absolute Gasteiger partial charge is 0.258 e. The average molecular weight is 160 g/mol. The molecule has 1 heterocycles. The molecule has 0 fully saturated rings. The molecule has 2 rings (SSSR count). The van der Waals surface area contributed by atoms with E-state index in [1.165, 1.54) is 6.33 Å². The number of aromatic nitrogens is 2. The third-order valence-electron chi connectivity index (χ3n) is 1.79. The summed E-state index contributed by atoms with van der Waals surface area (Å²) in [4.78, 5) is 17.9. The number of aromatic amines is 1. The summed E-state index contributed by atoms with van der Waals surface area (Å²) < 4.78 is 0. The van der Waals surface area contributed by atoms with Crippen molar-refractivity contribution < 1.29 is 0 Å². The maximum Gasteiger partial charge on any atom is 0.258 e. The van der Waals surface area contributed by atoms with Crippen LogP contribution < -0.4 is 5.56 Å². The normalized spacial score (nSPS) is 14.0. The van der Waals surface area contributed by atoms with Crippen LogP contribution in [0.25, 0.3) is 6.08 Å². The fraction of sp³-hybridized carbons (Fsp3) is 0.111. The Morgan fingerprint density at radius 2 is 2.33 bits per heavy atom. The molecule has 1 aromatic heterocycles. The van der Waals surface area contributed by atoms with E-state index in [4.69, 9.17) is 0 Å². The van der Waals surface area contributed by atoms with Gasteiger partial charge in [-0.1, -0.05) is 18.2 Å². The molecule has 0 bridgehead atoms. The minimum atomic E-state index is -0.0695. The molecule has 0 spiro atoms. The molecule has 12 heavy (non-hydrogen) atoms. The van der Waals surface area contributed by atoms with Crippen LogP contribution in [0.4, 0.5) is 0 Å². The number of fused-ring (bicyclic) bond motifs is 1. The van der Waals surface area contributed by atoms with E-state index in [2.05, 4.69) is 9.97 Å². The summed E-state index contributed by atoms with van der Waals surface area (Å²) in [6, 6.07) is 0. The Kier molecular flexibility index (Phi) is 1.63. The largest absolute Gasteiger partial charge is 0.313 e. The number of allylic oxidation sites excluding steroid dienone is 3. The first-order valence-corrected chi connectivity index (χ1v) is 3.78. The van der Waals surface area contributed by atoms with Gasteiger partial charge in [-0.2, -0.15) is 0 Å². The van der Waals surface area contributed by atoms with E-state index < -0.39 is 0 Å². The number of H-pyrrole nitrogens is 1. The average Bonchev–Trinajstić information content (AvgIpc) is 2.30. The SMILES string of the molecule is O=c1[nH]cnc2c1C=CC=CC2. The Balaban J connectivity index is 2.67. The molecule has 60 valence electrons. The van der Waals surface area contributed by atoms with Gasteiger partial charge < -0.3 is 4.98 Å². The zero-order valence-electron chi connectivity index (χ0n) is 6.45. The third kappa shape index (κ3) is 1.09. The first kappa shape index (κ1) is 7.03. The van der Waals surface area contributed by atoms with E-state index in [0.29, 0.717) is 5.56 Å². The Bertz CT molecular complexity index is 401. The van der Waals surface area contributed by atoms with E-state index in [-0.39, 0.29) is 5.56 Å². The molecule has 0 atom stereocenters. The molecular formula is C9H8N2O. The minimum Gasteiger partial charge on any atom is -0.313 e. The van der Waals surface area contributed by atoms with Crippen molar-refractivity contribution in [2.24, 2.45) is 0 Å². The summed E-state index contributed by atoms with van der Waals surface area (Å²) in [5, 5.41) is 0. The molecule has 1 aliphatic carbocycles. The second-order valence-electron chi connectivity index (χ2n) is 2.58. The van der Waals surface area contributed by atoms with Crippen molar-refractivity contribution in [3.05, 3.63) is 46.2 Å². The van der Waals surface area contributed by atoms with Gasteiger partial charge in [-0.05, 0) is 6.08 Å².